The second-order valence-electron chi connectivity index (χ2n) is 4.05. The largest absolute Gasteiger partial charge is 0.398 e. The number of nitrogen functional groups attached to an aromatic ring is 1. The number of benzene rings is 2. The molecule has 0 aliphatic rings. The fourth-order valence-corrected chi connectivity index (χ4v) is 1.85. The molecule has 3 N–H and O–H groups in total. The number of rotatable bonds is 3. The first-order chi connectivity index (χ1) is 8.59. The van der Waals surface area contributed by atoms with Crippen LogP contribution in [0.3, 0.4) is 0 Å². The Hall–Kier alpha value is -1.94. The van der Waals surface area contributed by atoms with E-state index in [0.717, 1.165) is 0 Å². The van der Waals surface area contributed by atoms with Crippen molar-refractivity contribution in [2.75, 3.05) is 5.73 Å². The van der Waals surface area contributed by atoms with E-state index in [9.17, 15) is 13.9 Å². The molecule has 0 fully saturated rings. The molecule has 0 amide bonds. The summed E-state index contributed by atoms with van der Waals surface area (Å²) in [6, 6.07) is 10.3. The average molecular weight is 249 g/mol. The van der Waals surface area contributed by atoms with Gasteiger partial charge in [-0.3, -0.25) is 0 Å². The van der Waals surface area contributed by atoms with Crippen molar-refractivity contribution < 1.29 is 13.9 Å². The van der Waals surface area contributed by atoms with E-state index >= 15 is 0 Å². The van der Waals surface area contributed by atoms with Crippen molar-refractivity contribution in [2.24, 2.45) is 0 Å². The summed E-state index contributed by atoms with van der Waals surface area (Å²) < 4.78 is 26.9. The summed E-state index contributed by atoms with van der Waals surface area (Å²) in [6.07, 6.45) is -1.18. The van der Waals surface area contributed by atoms with Crippen LogP contribution in [-0.2, 0) is 6.42 Å². The summed E-state index contributed by atoms with van der Waals surface area (Å²) in [7, 11) is 0. The third-order valence-corrected chi connectivity index (χ3v) is 2.81. The SMILES string of the molecule is Nc1ccccc1C(O)Cc1c(F)cccc1F. The molecule has 0 radical (unpaired) electrons. The first-order valence-corrected chi connectivity index (χ1v) is 5.55. The lowest BCUT2D eigenvalue weighted by Crippen LogP contribution is -2.08. The smallest absolute Gasteiger partial charge is 0.129 e. The molecule has 2 aromatic rings. The van der Waals surface area contributed by atoms with Gasteiger partial charge >= 0.3 is 0 Å². The summed E-state index contributed by atoms with van der Waals surface area (Å²) >= 11 is 0. The lowest BCUT2D eigenvalue weighted by molar-refractivity contribution is 0.176. The van der Waals surface area contributed by atoms with Crippen molar-refractivity contribution in [3.63, 3.8) is 0 Å². The third kappa shape index (κ3) is 2.49. The normalized spacial score (nSPS) is 12.4. The fourth-order valence-electron chi connectivity index (χ4n) is 1.85. The first kappa shape index (κ1) is 12.5. The number of nitrogens with two attached hydrogens (primary N) is 1. The second kappa shape index (κ2) is 5.14. The predicted octanol–water partition coefficient (Wildman–Crippen LogP) is 2.82. The average Bonchev–Trinajstić information content (AvgIpc) is 2.34. The van der Waals surface area contributed by atoms with Gasteiger partial charge in [0.05, 0.1) is 6.10 Å². The molecular formula is C14H13F2NO. The van der Waals surface area contributed by atoms with Gasteiger partial charge in [0, 0.05) is 23.2 Å². The van der Waals surface area contributed by atoms with Crippen molar-refractivity contribution in [3.8, 4) is 0 Å². The molecule has 0 bridgehead atoms. The third-order valence-electron chi connectivity index (χ3n) is 2.81. The molecule has 0 aliphatic heterocycles. The zero-order valence-corrected chi connectivity index (χ0v) is 9.61. The number of halogens is 2. The molecule has 94 valence electrons. The van der Waals surface area contributed by atoms with Crippen molar-refractivity contribution in [2.45, 2.75) is 12.5 Å². The highest BCUT2D eigenvalue weighted by Gasteiger charge is 2.16. The van der Waals surface area contributed by atoms with E-state index in [1.54, 1.807) is 24.3 Å². The zero-order valence-electron chi connectivity index (χ0n) is 9.61. The number of anilines is 1. The number of aliphatic hydroxyl groups is 1. The minimum atomic E-state index is -1.03. The lowest BCUT2D eigenvalue weighted by Gasteiger charge is -2.14. The van der Waals surface area contributed by atoms with E-state index < -0.39 is 17.7 Å². The van der Waals surface area contributed by atoms with Gasteiger partial charge in [-0.1, -0.05) is 24.3 Å². The Labute approximate surface area is 104 Å². The summed E-state index contributed by atoms with van der Waals surface area (Å²) in [6.45, 7) is 0. The number of para-hydroxylation sites is 1. The van der Waals surface area contributed by atoms with Gasteiger partial charge in [0.1, 0.15) is 11.6 Å². The maximum Gasteiger partial charge on any atom is 0.129 e. The highest BCUT2D eigenvalue weighted by molar-refractivity contribution is 5.48. The predicted molar refractivity (Wildman–Crippen MR) is 65.9 cm³/mol. The second-order valence-corrected chi connectivity index (χ2v) is 4.05. The zero-order chi connectivity index (χ0) is 13.1. The Bertz CT molecular complexity index is 537. The lowest BCUT2D eigenvalue weighted by atomic mass is 9.99. The van der Waals surface area contributed by atoms with Crippen LogP contribution in [0, 0.1) is 11.6 Å². The van der Waals surface area contributed by atoms with E-state index in [-0.39, 0.29) is 12.0 Å². The van der Waals surface area contributed by atoms with Gasteiger partial charge in [0.25, 0.3) is 0 Å². The Kier molecular flexibility index (Phi) is 3.58. The van der Waals surface area contributed by atoms with E-state index in [0.29, 0.717) is 11.3 Å². The molecule has 2 nitrogen and oxygen atoms in total. The van der Waals surface area contributed by atoms with E-state index in [4.69, 9.17) is 5.73 Å². The quantitative estimate of drug-likeness (QED) is 0.822. The summed E-state index contributed by atoms with van der Waals surface area (Å²) in [4.78, 5) is 0. The Morgan fingerprint density at radius 3 is 2.22 bits per heavy atom. The van der Waals surface area contributed by atoms with E-state index in [1.807, 2.05) is 0 Å². The van der Waals surface area contributed by atoms with Gasteiger partial charge in [-0.25, -0.2) is 8.78 Å². The van der Waals surface area contributed by atoms with Crippen molar-refractivity contribution >= 4 is 5.69 Å². The van der Waals surface area contributed by atoms with Crippen LogP contribution < -0.4 is 5.73 Å². The minimum absolute atomic E-state index is 0.131. The molecule has 18 heavy (non-hydrogen) atoms. The van der Waals surface area contributed by atoms with Gasteiger partial charge in [0.15, 0.2) is 0 Å². The van der Waals surface area contributed by atoms with Gasteiger partial charge in [0.2, 0.25) is 0 Å². The molecule has 0 saturated carbocycles. The highest BCUT2D eigenvalue weighted by atomic mass is 19.1. The molecule has 2 rings (SSSR count). The minimum Gasteiger partial charge on any atom is -0.398 e. The summed E-state index contributed by atoms with van der Waals surface area (Å²) in [5.74, 6) is -1.33. The topological polar surface area (TPSA) is 46.2 Å². The van der Waals surface area contributed by atoms with E-state index in [2.05, 4.69) is 0 Å². The van der Waals surface area contributed by atoms with Crippen molar-refractivity contribution in [1.82, 2.24) is 0 Å². The maximum atomic E-state index is 13.4. The monoisotopic (exact) mass is 249 g/mol. The van der Waals surface area contributed by atoms with Crippen LogP contribution in [0.15, 0.2) is 42.5 Å². The van der Waals surface area contributed by atoms with Crippen LogP contribution in [0.2, 0.25) is 0 Å². The summed E-state index contributed by atoms with van der Waals surface area (Å²) in [5, 5.41) is 9.99. The van der Waals surface area contributed by atoms with Crippen LogP contribution >= 0.6 is 0 Å². The molecule has 4 heteroatoms. The number of hydrogen-bond acceptors (Lipinski definition) is 2. The van der Waals surface area contributed by atoms with Crippen LogP contribution in [0.4, 0.5) is 14.5 Å². The van der Waals surface area contributed by atoms with Gasteiger partial charge < -0.3 is 10.8 Å². The molecule has 2 aromatic carbocycles. The van der Waals surface area contributed by atoms with Crippen LogP contribution in [0.1, 0.15) is 17.2 Å². The molecular weight excluding hydrogens is 236 g/mol. The number of aliphatic hydroxyl groups excluding tert-OH is 1. The first-order valence-electron chi connectivity index (χ1n) is 5.55. The van der Waals surface area contributed by atoms with E-state index in [1.165, 1.54) is 18.2 Å². The van der Waals surface area contributed by atoms with Gasteiger partial charge in [-0.05, 0) is 18.2 Å². The Morgan fingerprint density at radius 2 is 1.61 bits per heavy atom. The Morgan fingerprint density at radius 1 is 1.00 bits per heavy atom. The summed E-state index contributed by atoms with van der Waals surface area (Å²) in [5.41, 5.74) is 6.45. The highest BCUT2D eigenvalue weighted by Crippen LogP contribution is 2.25. The molecule has 0 spiro atoms. The van der Waals surface area contributed by atoms with Crippen molar-refractivity contribution in [1.29, 1.82) is 0 Å². The van der Waals surface area contributed by atoms with Gasteiger partial charge in [-0.2, -0.15) is 0 Å². The van der Waals surface area contributed by atoms with Crippen LogP contribution in [0.5, 0.6) is 0 Å². The maximum absolute atomic E-state index is 13.4. The molecule has 0 aromatic heterocycles. The standard InChI is InChI=1S/C14H13F2NO/c15-11-5-3-6-12(16)10(11)8-14(18)9-4-1-2-7-13(9)17/h1-7,14,18H,8,17H2. The fraction of sp³-hybridized carbons (Fsp3) is 0.143. The molecule has 1 atom stereocenters. The molecule has 1 unspecified atom stereocenters. The van der Waals surface area contributed by atoms with Crippen molar-refractivity contribution in [3.05, 3.63) is 65.2 Å². The van der Waals surface area contributed by atoms with Gasteiger partial charge in [-0.15, -0.1) is 0 Å². The molecule has 0 saturated heterocycles. The Balaban J connectivity index is 2.27. The van der Waals surface area contributed by atoms with Crippen LogP contribution in [-0.4, -0.2) is 5.11 Å². The molecule has 0 aliphatic carbocycles. The number of hydrogen-bond donors (Lipinski definition) is 2. The molecule has 0 heterocycles. The van der Waals surface area contributed by atoms with Crippen LogP contribution in [0.25, 0.3) is 0 Å².